The monoisotopic (exact) mass is 760 g/mol. The van der Waals surface area contributed by atoms with Gasteiger partial charge in [0.2, 0.25) is 5.95 Å². The van der Waals surface area contributed by atoms with Crippen molar-refractivity contribution in [3.8, 4) is 45.5 Å². The van der Waals surface area contributed by atoms with Crippen LogP contribution in [0.5, 0.6) is 0 Å². The van der Waals surface area contributed by atoms with Crippen molar-refractivity contribution < 1.29 is 46.9 Å². The van der Waals surface area contributed by atoms with Gasteiger partial charge in [-0.05, 0) is 53.4 Å². The number of furan rings is 1. The molecule has 0 radical (unpaired) electrons. The quantitative estimate of drug-likeness (QED) is 0.175. The lowest BCUT2D eigenvalue weighted by Gasteiger charge is -2.12. The molecular weight excluding hydrogens is 699 g/mol. The van der Waals surface area contributed by atoms with Crippen molar-refractivity contribution in [2.45, 2.75) is 0 Å². The average Bonchev–Trinajstić information content (AvgIpc) is 1.51. The van der Waals surface area contributed by atoms with E-state index in [0.29, 0.717) is 4.57 Å². The molecule has 0 bridgehead atoms. The Kier molecular flexibility index (Phi) is 2.97. The molecule has 266 valence electrons. The first-order chi connectivity index (χ1) is 41.2. The highest BCUT2D eigenvalue weighted by Gasteiger charge is 2.23. The molecule has 0 aliphatic rings. The van der Waals surface area contributed by atoms with Gasteiger partial charge < -0.3 is 8.98 Å². The van der Waals surface area contributed by atoms with E-state index in [1.807, 2.05) is 0 Å². The van der Waals surface area contributed by atoms with Crippen LogP contribution >= 0.6 is 0 Å². The smallest absolute Gasteiger partial charge is 0.238 e. The number of nitrogens with zero attached hydrogens (tertiary/aromatic N) is 5. The van der Waals surface area contributed by atoms with Gasteiger partial charge in [-0.1, -0.05) is 139 Å². The molecule has 0 saturated heterocycles. The van der Waals surface area contributed by atoms with Crippen LogP contribution in [0.1, 0.15) is 42.5 Å². The largest absolute Gasteiger partial charge is 0.456 e. The summed E-state index contributed by atoms with van der Waals surface area (Å²) in [6, 6.07) is -29.0. The number of rotatable bonds is 5. The van der Waals surface area contributed by atoms with Crippen molar-refractivity contribution in [1.82, 2.24) is 24.1 Å². The van der Waals surface area contributed by atoms with E-state index in [-0.39, 0.29) is 0 Å². The van der Waals surface area contributed by atoms with Gasteiger partial charge in [-0.2, -0.15) is 9.97 Å². The Morgan fingerprint density at radius 2 is 0.982 bits per heavy atom. The molecule has 0 amide bonds. The Labute approximate surface area is 370 Å². The Balaban J connectivity index is 1.35. The van der Waals surface area contributed by atoms with Crippen LogP contribution in [0, 0.1) is 0 Å². The lowest BCUT2D eigenvalue weighted by molar-refractivity contribution is 0.668. The first-order valence-electron chi connectivity index (χ1n) is 32.1. The van der Waals surface area contributed by atoms with E-state index in [9.17, 15) is 15.1 Å². The predicted octanol–water partition coefficient (Wildman–Crippen LogP) is 13.0. The molecule has 0 aliphatic carbocycles. The summed E-state index contributed by atoms with van der Waals surface area (Å²) in [5.41, 5.74) is -8.15. The maximum absolute atomic E-state index is 9.93. The zero-order valence-electron chi connectivity index (χ0n) is 59.1. The minimum Gasteiger partial charge on any atom is -0.456 e. The third-order valence-corrected chi connectivity index (χ3v) is 8.99. The van der Waals surface area contributed by atoms with Crippen molar-refractivity contribution in [3.63, 3.8) is 0 Å². The van der Waals surface area contributed by atoms with E-state index in [4.69, 9.17) is 31.8 Å². The molecule has 6 nitrogen and oxygen atoms in total. The first-order valence-corrected chi connectivity index (χ1v) is 16.6. The van der Waals surface area contributed by atoms with E-state index < -0.39 is 298 Å². The van der Waals surface area contributed by atoms with Crippen LogP contribution < -0.4 is 0 Å². The molecular formula is C51H31N5O. The molecule has 0 saturated carbocycles. The highest BCUT2D eigenvalue weighted by atomic mass is 16.3. The maximum atomic E-state index is 9.93. The zero-order valence-corrected chi connectivity index (χ0v) is 28.1. The zero-order chi connectivity index (χ0) is 64.4. The van der Waals surface area contributed by atoms with Crippen LogP contribution in [-0.2, 0) is 0 Å². The third kappa shape index (κ3) is 4.87. The maximum Gasteiger partial charge on any atom is 0.238 e. The Morgan fingerprint density at radius 1 is 0.386 bits per heavy atom. The van der Waals surface area contributed by atoms with Crippen molar-refractivity contribution in [3.05, 3.63) is 187 Å². The molecule has 12 aromatic rings. The van der Waals surface area contributed by atoms with Gasteiger partial charge in [-0.15, -0.1) is 0 Å². The number of aromatic nitrogens is 5. The summed E-state index contributed by atoms with van der Waals surface area (Å²) in [4.78, 5) is 13.4. The van der Waals surface area contributed by atoms with Gasteiger partial charge in [-0.3, -0.25) is 4.57 Å². The molecule has 0 N–H and O–H groups in total. The van der Waals surface area contributed by atoms with E-state index in [0.717, 1.165) is 4.57 Å². The van der Waals surface area contributed by atoms with Gasteiger partial charge in [0.1, 0.15) is 11.2 Å². The Hall–Kier alpha value is -7.83. The number of hydrogen-bond acceptors (Lipinski definition) is 4. The van der Waals surface area contributed by atoms with Crippen LogP contribution in [0.15, 0.2) is 192 Å². The van der Waals surface area contributed by atoms with E-state index in [1.54, 1.807) is 0 Å². The van der Waals surface area contributed by atoms with Gasteiger partial charge in [0, 0.05) is 55.2 Å². The summed E-state index contributed by atoms with van der Waals surface area (Å²) in [6.07, 6.45) is 0. The van der Waals surface area contributed by atoms with Crippen molar-refractivity contribution >= 4 is 65.6 Å². The third-order valence-electron chi connectivity index (χ3n) is 8.99. The minimum atomic E-state index is -1.07. The van der Waals surface area contributed by atoms with Crippen LogP contribution in [0.4, 0.5) is 0 Å². The van der Waals surface area contributed by atoms with Crippen molar-refractivity contribution in [1.29, 1.82) is 0 Å². The summed E-state index contributed by atoms with van der Waals surface area (Å²) in [5, 5.41) is -3.30. The first kappa shape index (κ1) is 13.7. The molecule has 0 aliphatic heterocycles. The fourth-order valence-corrected chi connectivity index (χ4v) is 6.65. The second-order valence-corrected chi connectivity index (χ2v) is 12.1. The molecule has 6 heteroatoms. The van der Waals surface area contributed by atoms with Gasteiger partial charge in [-0.25, -0.2) is 4.98 Å². The van der Waals surface area contributed by atoms with Crippen LogP contribution in [0.25, 0.3) is 111 Å². The van der Waals surface area contributed by atoms with Gasteiger partial charge in [0.05, 0.1) is 64.6 Å². The number of benzene rings is 8. The highest BCUT2D eigenvalue weighted by Crippen LogP contribution is 2.42. The predicted molar refractivity (Wildman–Crippen MR) is 232 cm³/mol. The molecule has 57 heavy (non-hydrogen) atoms. The molecule has 0 fully saturated rings. The molecule has 0 unspecified atom stereocenters. The van der Waals surface area contributed by atoms with Crippen molar-refractivity contribution in [2.75, 3.05) is 0 Å². The molecule has 0 spiro atoms. The van der Waals surface area contributed by atoms with Gasteiger partial charge in [0.25, 0.3) is 0 Å². The number of hydrogen-bond donors (Lipinski definition) is 0. The molecule has 4 heterocycles. The Morgan fingerprint density at radius 3 is 1.79 bits per heavy atom. The standard InChI is InChI=1S/C51H31N5O/c1-3-14-32(15-4-1)34-18-13-19-35(30-34)50-52-49(33-16-5-2-6-17-33)53-51(54-50)56-43-24-11-8-22-41(43)47-44(56)29-28-40-37-20-7-10-23-42(37)55(48(40)47)36-26-27-39-38-21-9-12-25-45(38)57-46(39)31-36/h1-31H/i1D,2D,3D,4D,5D,6D,7D,8D,9D,10D,11D,12D,13D,14D,15D,16D,17D,18D,19D,20D,21D,22D,23D,24D,25D,26D,27D,28D,29D,30D,31D. The van der Waals surface area contributed by atoms with Gasteiger partial charge in [0.15, 0.2) is 11.6 Å². The summed E-state index contributed by atoms with van der Waals surface area (Å²) in [7, 11) is 0. The molecule has 0 atom stereocenters. The topological polar surface area (TPSA) is 61.7 Å². The number of para-hydroxylation sites is 3. The summed E-state index contributed by atoms with van der Waals surface area (Å²) in [5.74, 6) is -2.94. The fourth-order valence-electron chi connectivity index (χ4n) is 6.65. The van der Waals surface area contributed by atoms with Crippen LogP contribution in [0.3, 0.4) is 0 Å². The average molecular weight is 761 g/mol. The van der Waals surface area contributed by atoms with Crippen LogP contribution in [-0.4, -0.2) is 24.1 Å². The Bertz CT molecular complexity index is 5300. The minimum absolute atomic E-state index is 0.410. The summed E-state index contributed by atoms with van der Waals surface area (Å²) >= 11 is 0. The lowest BCUT2D eigenvalue weighted by atomic mass is 10.0. The second kappa shape index (κ2) is 12.3. The van der Waals surface area contributed by atoms with E-state index in [1.165, 1.54) is 0 Å². The summed E-state index contributed by atoms with van der Waals surface area (Å²) < 4.78 is 287. The normalized spacial score (nSPS) is 19.5. The summed E-state index contributed by atoms with van der Waals surface area (Å²) in [6.45, 7) is 0. The van der Waals surface area contributed by atoms with E-state index >= 15 is 0 Å². The number of fused-ring (bicyclic) bond motifs is 10. The highest BCUT2D eigenvalue weighted by molar-refractivity contribution is 6.26. The van der Waals surface area contributed by atoms with Crippen molar-refractivity contribution in [2.24, 2.45) is 0 Å². The molecule has 8 aromatic carbocycles. The van der Waals surface area contributed by atoms with Crippen LogP contribution in [0.2, 0.25) is 0 Å². The molecule has 4 aromatic heterocycles. The molecule has 12 rings (SSSR count). The van der Waals surface area contributed by atoms with Gasteiger partial charge >= 0.3 is 0 Å². The second-order valence-electron chi connectivity index (χ2n) is 12.1. The van der Waals surface area contributed by atoms with E-state index in [2.05, 4.69) is 15.0 Å². The fraction of sp³-hybridized carbons (Fsp3) is 0. The lowest BCUT2D eigenvalue weighted by Crippen LogP contribution is -2.06. The SMILES string of the molecule is [2H]c1c([2H])c([2H])c(-c2nc(-c3c([2H])c([2H])c([2H])c(-c4c([2H])c([2H])c([2H])c([2H])c4[2H])c3[2H])nc(-n3c4c([2H])c([2H])c([2H])c([2H])c4c4c3c([2H])c([2H])c3c5c([2H])c([2H])c([2H])c([2H])c5n(-c5c([2H])c([2H])c6c(oc7c([2H])c([2H])c([2H])c([2H])c76)c5[2H])c34)n2)c([2H])c1[2H].